The molecule has 0 aliphatic carbocycles. The Morgan fingerprint density at radius 1 is 1.22 bits per heavy atom. The molecule has 1 aliphatic heterocycles. The van der Waals surface area contributed by atoms with Crippen molar-refractivity contribution in [3.63, 3.8) is 0 Å². The molecule has 0 bridgehead atoms. The second kappa shape index (κ2) is 6.35. The lowest BCUT2D eigenvalue weighted by Gasteiger charge is -2.41. The van der Waals surface area contributed by atoms with Crippen molar-refractivity contribution in [2.75, 3.05) is 19.6 Å². The van der Waals surface area contributed by atoms with Crippen molar-refractivity contribution < 1.29 is 0 Å². The lowest BCUT2D eigenvalue weighted by atomic mass is 10.00. The number of aryl methyl sites for hydroxylation is 1. The summed E-state index contributed by atoms with van der Waals surface area (Å²) in [5, 5.41) is 3.37. The van der Waals surface area contributed by atoms with Crippen LogP contribution in [-0.4, -0.2) is 30.6 Å². The van der Waals surface area contributed by atoms with Crippen LogP contribution in [0.4, 0.5) is 0 Å². The summed E-state index contributed by atoms with van der Waals surface area (Å²) in [7, 11) is 0. The molecule has 1 fully saturated rings. The highest BCUT2D eigenvalue weighted by Crippen LogP contribution is 2.24. The summed E-state index contributed by atoms with van der Waals surface area (Å²) in [5.41, 5.74) is 2.91. The average Bonchev–Trinajstić information content (AvgIpc) is 2.34. The van der Waals surface area contributed by atoms with Crippen LogP contribution in [0.1, 0.15) is 44.4 Å². The van der Waals surface area contributed by atoms with Gasteiger partial charge in [-0.2, -0.15) is 0 Å². The predicted octanol–water partition coefficient (Wildman–Crippen LogP) is 2.99. The first kappa shape index (κ1) is 13.6. The largest absolute Gasteiger partial charge is 0.314 e. The van der Waals surface area contributed by atoms with Gasteiger partial charge in [0.25, 0.3) is 0 Å². The molecule has 100 valence electrons. The molecule has 1 unspecified atom stereocenters. The lowest BCUT2D eigenvalue weighted by Crippen LogP contribution is -2.57. The maximum absolute atomic E-state index is 3.37. The Balaban J connectivity index is 2.04. The lowest BCUT2D eigenvalue weighted by molar-refractivity contribution is 0.110. The van der Waals surface area contributed by atoms with Crippen LogP contribution in [0, 0.1) is 0 Å². The van der Waals surface area contributed by atoms with Gasteiger partial charge in [-0.3, -0.25) is 4.90 Å². The van der Waals surface area contributed by atoms with Crippen LogP contribution in [0.5, 0.6) is 0 Å². The van der Waals surface area contributed by atoms with Gasteiger partial charge in [0.15, 0.2) is 0 Å². The van der Waals surface area contributed by atoms with E-state index in [-0.39, 0.29) is 0 Å². The normalized spacial score (nSPS) is 17.8. The Morgan fingerprint density at radius 3 is 2.33 bits per heavy atom. The van der Waals surface area contributed by atoms with E-state index in [1.807, 2.05) is 0 Å². The fraction of sp³-hybridized carbons (Fsp3) is 0.625. The summed E-state index contributed by atoms with van der Waals surface area (Å²) in [5.74, 6) is 0. The third-order valence-electron chi connectivity index (χ3n) is 4.09. The zero-order valence-electron chi connectivity index (χ0n) is 11.9. The fourth-order valence-corrected chi connectivity index (χ4v) is 2.80. The van der Waals surface area contributed by atoms with Crippen LogP contribution >= 0.6 is 0 Å². The Morgan fingerprint density at radius 2 is 1.89 bits per heavy atom. The second-order valence-electron chi connectivity index (χ2n) is 5.31. The minimum Gasteiger partial charge on any atom is -0.314 e. The van der Waals surface area contributed by atoms with Crippen LogP contribution in [0.3, 0.4) is 0 Å². The Labute approximate surface area is 111 Å². The quantitative estimate of drug-likeness (QED) is 0.830. The molecule has 1 atom stereocenters. The zero-order valence-corrected chi connectivity index (χ0v) is 11.9. The number of rotatable bonds is 6. The number of nitrogens with zero attached hydrogens (tertiary/aromatic N) is 1. The van der Waals surface area contributed by atoms with E-state index in [1.54, 1.807) is 0 Å². The number of likely N-dealkylation sites (N-methyl/N-ethyl adjacent to an activating group) is 1. The van der Waals surface area contributed by atoms with Gasteiger partial charge in [-0.05, 0) is 31.0 Å². The average molecular weight is 246 g/mol. The standard InChI is InChI=1S/C16H26N2/c1-4-6-14-7-9-15(10-8-14)13(3)18(5-2)16-11-17-12-16/h7-10,13,16-17H,4-6,11-12H2,1-3H3. The molecule has 0 amide bonds. The Bertz CT molecular complexity index is 354. The van der Waals surface area contributed by atoms with Crippen LogP contribution in [0.25, 0.3) is 0 Å². The van der Waals surface area contributed by atoms with Crippen molar-refractivity contribution in [3.05, 3.63) is 35.4 Å². The molecule has 1 aromatic rings. The smallest absolute Gasteiger partial charge is 0.0351 e. The van der Waals surface area contributed by atoms with Gasteiger partial charge in [0.1, 0.15) is 0 Å². The molecular formula is C16H26N2. The van der Waals surface area contributed by atoms with Crippen LogP contribution in [-0.2, 0) is 6.42 Å². The van der Waals surface area contributed by atoms with Crippen LogP contribution < -0.4 is 5.32 Å². The van der Waals surface area contributed by atoms with E-state index in [2.05, 4.69) is 55.3 Å². The number of hydrogen-bond acceptors (Lipinski definition) is 2. The summed E-state index contributed by atoms with van der Waals surface area (Å²) in [4.78, 5) is 2.60. The summed E-state index contributed by atoms with van der Waals surface area (Å²) in [6, 6.07) is 10.5. The molecule has 1 aromatic carbocycles. The van der Waals surface area contributed by atoms with Crippen LogP contribution in [0.15, 0.2) is 24.3 Å². The molecule has 1 saturated heterocycles. The van der Waals surface area contributed by atoms with E-state index in [0.717, 1.165) is 25.7 Å². The minimum atomic E-state index is 0.526. The molecule has 0 saturated carbocycles. The molecule has 1 heterocycles. The predicted molar refractivity (Wildman–Crippen MR) is 77.9 cm³/mol. The monoisotopic (exact) mass is 246 g/mol. The summed E-state index contributed by atoms with van der Waals surface area (Å²) >= 11 is 0. The number of nitrogens with one attached hydrogen (secondary N) is 1. The van der Waals surface area contributed by atoms with Crippen molar-refractivity contribution >= 4 is 0 Å². The first-order valence-electron chi connectivity index (χ1n) is 7.31. The van der Waals surface area contributed by atoms with Crippen molar-refractivity contribution in [2.24, 2.45) is 0 Å². The highest BCUT2D eigenvalue weighted by molar-refractivity contribution is 5.25. The van der Waals surface area contributed by atoms with Gasteiger partial charge in [0.2, 0.25) is 0 Å². The third-order valence-corrected chi connectivity index (χ3v) is 4.09. The van der Waals surface area contributed by atoms with Crippen LogP contribution in [0.2, 0.25) is 0 Å². The molecule has 0 spiro atoms. The molecule has 1 N–H and O–H groups in total. The molecule has 0 radical (unpaired) electrons. The minimum absolute atomic E-state index is 0.526. The van der Waals surface area contributed by atoms with Gasteiger partial charge in [-0.15, -0.1) is 0 Å². The highest BCUT2D eigenvalue weighted by Gasteiger charge is 2.27. The molecule has 2 heteroatoms. The van der Waals surface area contributed by atoms with Gasteiger partial charge < -0.3 is 5.32 Å². The number of hydrogen-bond donors (Lipinski definition) is 1. The SMILES string of the molecule is CCCc1ccc(C(C)N(CC)C2CNC2)cc1. The molecule has 2 rings (SSSR count). The van der Waals surface area contributed by atoms with E-state index in [9.17, 15) is 0 Å². The maximum Gasteiger partial charge on any atom is 0.0351 e. The van der Waals surface area contributed by atoms with E-state index >= 15 is 0 Å². The molecule has 0 aromatic heterocycles. The first-order valence-corrected chi connectivity index (χ1v) is 7.31. The molecular weight excluding hydrogens is 220 g/mol. The Hall–Kier alpha value is -0.860. The Kier molecular flexibility index (Phi) is 4.79. The van der Waals surface area contributed by atoms with Gasteiger partial charge in [0.05, 0.1) is 0 Å². The summed E-state index contributed by atoms with van der Waals surface area (Å²) in [6.45, 7) is 10.2. The highest BCUT2D eigenvalue weighted by atomic mass is 15.2. The van der Waals surface area contributed by atoms with Gasteiger partial charge >= 0.3 is 0 Å². The van der Waals surface area contributed by atoms with Crippen molar-refractivity contribution in [3.8, 4) is 0 Å². The molecule has 18 heavy (non-hydrogen) atoms. The summed E-state index contributed by atoms with van der Waals surface area (Å²) in [6.07, 6.45) is 2.42. The maximum atomic E-state index is 3.37. The number of benzene rings is 1. The van der Waals surface area contributed by atoms with Gasteiger partial charge in [-0.25, -0.2) is 0 Å². The van der Waals surface area contributed by atoms with Gasteiger partial charge in [-0.1, -0.05) is 44.5 Å². The van der Waals surface area contributed by atoms with Gasteiger partial charge in [0, 0.05) is 25.2 Å². The summed E-state index contributed by atoms with van der Waals surface area (Å²) < 4.78 is 0. The van der Waals surface area contributed by atoms with Crippen molar-refractivity contribution in [2.45, 2.75) is 45.7 Å². The van der Waals surface area contributed by atoms with E-state index in [1.165, 1.54) is 24.0 Å². The van der Waals surface area contributed by atoms with E-state index < -0.39 is 0 Å². The molecule has 1 aliphatic rings. The second-order valence-corrected chi connectivity index (χ2v) is 5.31. The fourth-order valence-electron chi connectivity index (χ4n) is 2.80. The topological polar surface area (TPSA) is 15.3 Å². The van der Waals surface area contributed by atoms with Crippen molar-refractivity contribution in [1.82, 2.24) is 10.2 Å². The third kappa shape index (κ3) is 2.93. The van der Waals surface area contributed by atoms with E-state index in [4.69, 9.17) is 0 Å². The van der Waals surface area contributed by atoms with Crippen molar-refractivity contribution in [1.29, 1.82) is 0 Å². The zero-order chi connectivity index (χ0) is 13.0. The van der Waals surface area contributed by atoms with E-state index in [0.29, 0.717) is 6.04 Å². The first-order chi connectivity index (χ1) is 8.76. The molecule has 2 nitrogen and oxygen atoms in total.